The molecule has 3 aromatic rings. The van der Waals surface area contributed by atoms with E-state index in [1.54, 1.807) is 11.8 Å². The first-order chi connectivity index (χ1) is 13.6. The summed E-state index contributed by atoms with van der Waals surface area (Å²) in [6, 6.07) is 15.5. The van der Waals surface area contributed by atoms with Gasteiger partial charge in [-0.3, -0.25) is 9.48 Å². The fourth-order valence-electron chi connectivity index (χ4n) is 3.82. The van der Waals surface area contributed by atoms with Crippen LogP contribution in [0.4, 0.5) is 0 Å². The summed E-state index contributed by atoms with van der Waals surface area (Å²) in [5.41, 5.74) is 2.57. The van der Waals surface area contributed by atoms with Crippen LogP contribution in [-0.4, -0.2) is 39.2 Å². The lowest BCUT2D eigenvalue weighted by atomic mass is 10.0. The minimum absolute atomic E-state index is 0.0301. The number of rotatable bonds is 4. The molecule has 0 aliphatic carbocycles. The largest absolute Gasteiger partial charge is 0.496 e. The fourth-order valence-corrected chi connectivity index (χ4v) is 3.82. The van der Waals surface area contributed by atoms with Crippen molar-refractivity contribution in [2.24, 2.45) is 7.05 Å². The quantitative estimate of drug-likeness (QED) is 0.695. The summed E-state index contributed by atoms with van der Waals surface area (Å²) in [4.78, 5) is 19.8. The topological polar surface area (TPSA) is 60.2 Å². The third-order valence-electron chi connectivity index (χ3n) is 5.36. The van der Waals surface area contributed by atoms with Crippen LogP contribution in [0.25, 0.3) is 11.4 Å². The maximum absolute atomic E-state index is 13.3. The highest BCUT2D eigenvalue weighted by atomic mass is 16.5. The Bertz CT molecular complexity index is 992. The van der Waals surface area contributed by atoms with E-state index in [1.807, 2.05) is 67.4 Å². The van der Waals surface area contributed by atoms with Crippen molar-refractivity contribution in [2.45, 2.75) is 25.8 Å². The smallest absolute Gasteiger partial charge is 0.254 e. The highest BCUT2D eigenvalue weighted by Gasteiger charge is 2.32. The molecule has 2 aromatic carbocycles. The van der Waals surface area contributed by atoms with Crippen molar-refractivity contribution in [2.75, 3.05) is 13.7 Å². The number of carbonyl (C=O) groups excluding carboxylic acids is 1. The third-order valence-corrected chi connectivity index (χ3v) is 5.36. The molecule has 0 radical (unpaired) electrons. The second kappa shape index (κ2) is 7.46. The predicted molar refractivity (Wildman–Crippen MR) is 107 cm³/mol. The average Bonchev–Trinajstić information content (AvgIpc) is 3.34. The molecule has 1 aliphatic rings. The van der Waals surface area contributed by atoms with E-state index in [0.29, 0.717) is 11.4 Å². The van der Waals surface area contributed by atoms with E-state index in [2.05, 4.69) is 10.1 Å². The van der Waals surface area contributed by atoms with Gasteiger partial charge in [-0.1, -0.05) is 30.3 Å². The van der Waals surface area contributed by atoms with Gasteiger partial charge in [0, 0.05) is 30.3 Å². The summed E-state index contributed by atoms with van der Waals surface area (Å²) < 4.78 is 7.26. The molecule has 1 aromatic heterocycles. The number of aryl methyl sites for hydroxylation is 2. The molecule has 4 rings (SSSR count). The van der Waals surface area contributed by atoms with E-state index in [0.717, 1.165) is 42.1 Å². The second-order valence-electron chi connectivity index (χ2n) is 7.09. The molecule has 6 nitrogen and oxygen atoms in total. The Balaban J connectivity index is 1.64. The number of likely N-dealkylation sites (tertiary alicyclic amines) is 1. The number of hydrogen-bond acceptors (Lipinski definition) is 4. The molecule has 6 heteroatoms. The van der Waals surface area contributed by atoms with Crippen LogP contribution in [0.2, 0.25) is 0 Å². The van der Waals surface area contributed by atoms with Crippen molar-refractivity contribution < 1.29 is 9.53 Å². The molecular weight excluding hydrogens is 352 g/mol. The number of methoxy groups -OCH3 is 1. The van der Waals surface area contributed by atoms with Crippen molar-refractivity contribution in [3.8, 4) is 17.1 Å². The number of para-hydroxylation sites is 1. The fraction of sp³-hybridized carbons (Fsp3) is 0.318. The number of nitrogens with zero attached hydrogens (tertiary/aromatic N) is 4. The highest BCUT2D eigenvalue weighted by molar-refractivity contribution is 5.95. The Morgan fingerprint density at radius 3 is 2.75 bits per heavy atom. The summed E-state index contributed by atoms with van der Waals surface area (Å²) in [6.45, 7) is 2.65. The van der Waals surface area contributed by atoms with Gasteiger partial charge in [-0.05, 0) is 38.0 Å². The summed E-state index contributed by atoms with van der Waals surface area (Å²) in [6.07, 6.45) is 1.92. The predicted octanol–water partition coefficient (Wildman–Crippen LogP) is 3.78. The molecular formula is C22H24N4O2. The van der Waals surface area contributed by atoms with Crippen LogP contribution < -0.4 is 4.74 Å². The highest BCUT2D eigenvalue weighted by Crippen LogP contribution is 2.37. The number of ether oxygens (including phenoxy) is 1. The molecule has 1 atom stereocenters. The molecule has 0 spiro atoms. The normalized spacial score (nSPS) is 16.4. The standard InChI is InChI=1S/C22H24N4O2/c1-15-23-21(24-25(15)2)16-8-6-9-17(14-16)22(27)26-13-7-11-19(26)18-10-4-5-12-20(18)28-3/h4-6,8-10,12,14,19H,7,11,13H2,1-3H3/t19-/m1/s1. The van der Waals surface area contributed by atoms with Crippen molar-refractivity contribution in [3.63, 3.8) is 0 Å². The van der Waals surface area contributed by atoms with Gasteiger partial charge < -0.3 is 9.64 Å². The second-order valence-corrected chi connectivity index (χ2v) is 7.09. The number of aromatic nitrogens is 3. The van der Waals surface area contributed by atoms with E-state index in [1.165, 1.54) is 0 Å². The molecule has 0 N–H and O–H groups in total. The van der Waals surface area contributed by atoms with Crippen molar-refractivity contribution >= 4 is 5.91 Å². The minimum Gasteiger partial charge on any atom is -0.496 e. The molecule has 0 bridgehead atoms. The number of carbonyl (C=O) groups is 1. The molecule has 1 fully saturated rings. The van der Waals surface area contributed by atoms with Gasteiger partial charge in [0.25, 0.3) is 5.91 Å². The van der Waals surface area contributed by atoms with Gasteiger partial charge >= 0.3 is 0 Å². The zero-order valence-electron chi connectivity index (χ0n) is 16.4. The Labute approximate surface area is 164 Å². The van der Waals surface area contributed by atoms with Gasteiger partial charge in [-0.2, -0.15) is 5.10 Å². The average molecular weight is 376 g/mol. The van der Waals surface area contributed by atoms with Crippen molar-refractivity contribution in [3.05, 3.63) is 65.5 Å². The first-order valence-electron chi connectivity index (χ1n) is 9.50. The zero-order valence-corrected chi connectivity index (χ0v) is 16.4. The van der Waals surface area contributed by atoms with E-state index in [-0.39, 0.29) is 11.9 Å². The monoisotopic (exact) mass is 376 g/mol. The minimum atomic E-state index is 0.0301. The molecule has 28 heavy (non-hydrogen) atoms. The lowest BCUT2D eigenvalue weighted by Gasteiger charge is -2.26. The van der Waals surface area contributed by atoms with Gasteiger partial charge in [-0.15, -0.1) is 0 Å². The molecule has 0 saturated carbocycles. The van der Waals surface area contributed by atoms with Gasteiger partial charge in [0.05, 0.1) is 13.2 Å². The molecule has 0 unspecified atom stereocenters. The first kappa shape index (κ1) is 18.2. The molecule has 144 valence electrons. The summed E-state index contributed by atoms with van der Waals surface area (Å²) in [7, 11) is 3.54. The maximum atomic E-state index is 13.3. The molecule has 1 amide bonds. The van der Waals surface area contributed by atoms with E-state index < -0.39 is 0 Å². The molecule has 1 saturated heterocycles. The Morgan fingerprint density at radius 1 is 1.18 bits per heavy atom. The van der Waals surface area contributed by atoms with E-state index in [9.17, 15) is 4.79 Å². The summed E-state index contributed by atoms with van der Waals surface area (Å²) in [5, 5.41) is 4.43. The van der Waals surface area contributed by atoms with Crippen LogP contribution >= 0.6 is 0 Å². The number of hydrogen-bond donors (Lipinski definition) is 0. The van der Waals surface area contributed by atoms with Crippen LogP contribution in [0.3, 0.4) is 0 Å². The summed E-state index contributed by atoms with van der Waals surface area (Å²) in [5.74, 6) is 2.33. The van der Waals surface area contributed by atoms with Gasteiger partial charge in [-0.25, -0.2) is 4.98 Å². The molecule has 1 aliphatic heterocycles. The van der Waals surface area contributed by atoms with Crippen LogP contribution in [0.1, 0.15) is 40.6 Å². The van der Waals surface area contributed by atoms with Crippen LogP contribution in [0, 0.1) is 6.92 Å². The van der Waals surface area contributed by atoms with Crippen LogP contribution in [0.5, 0.6) is 5.75 Å². The Morgan fingerprint density at radius 2 is 2.00 bits per heavy atom. The lowest BCUT2D eigenvalue weighted by molar-refractivity contribution is 0.0734. The summed E-state index contributed by atoms with van der Waals surface area (Å²) >= 11 is 0. The van der Waals surface area contributed by atoms with Crippen LogP contribution in [0.15, 0.2) is 48.5 Å². The van der Waals surface area contributed by atoms with E-state index in [4.69, 9.17) is 4.74 Å². The SMILES string of the molecule is COc1ccccc1[C@H]1CCCN1C(=O)c1cccc(-c2nc(C)n(C)n2)c1. The Kier molecular flexibility index (Phi) is 4.86. The van der Waals surface area contributed by atoms with Crippen molar-refractivity contribution in [1.29, 1.82) is 0 Å². The number of amides is 1. The van der Waals surface area contributed by atoms with E-state index >= 15 is 0 Å². The van der Waals surface area contributed by atoms with Gasteiger partial charge in [0.2, 0.25) is 0 Å². The Hall–Kier alpha value is -3.15. The van der Waals surface area contributed by atoms with Gasteiger partial charge in [0.1, 0.15) is 11.6 Å². The van der Waals surface area contributed by atoms with Crippen LogP contribution in [-0.2, 0) is 7.05 Å². The number of benzene rings is 2. The lowest BCUT2D eigenvalue weighted by Crippen LogP contribution is -2.30. The van der Waals surface area contributed by atoms with Crippen molar-refractivity contribution in [1.82, 2.24) is 19.7 Å². The molecule has 2 heterocycles. The zero-order chi connectivity index (χ0) is 19.7. The van der Waals surface area contributed by atoms with Gasteiger partial charge in [0.15, 0.2) is 5.82 Å². The first-order valence-corrected chi connectivity index (χ1v) is 9.50. The maximum Gasteiger partial charge on any atom is 0.254 e. The third kappa shape index (κ3) is 3.26.